The second kappa shape index (κ2) is 5.15. The summed E-state index contributed by atoms with van der Waals surface area (Å²) < 4.78 is 3.29. The number of hydrogen-bond acceptors (Lipinski definition) is 5. The lowest BCUT2D eigenvalue weighted by molar-refractivity contribution is -0.119. The molecule has 7 nitrogen and oxygen atoms in total. The minimum atomic E-state index is 0.186. The first-order valence-corrected chi connectivity index (χ1v) is 5.04. The van der Waals surface area contributed by atoms with Crippen molar-refractivity contribution in [1.82, 2.24) is 30.0 Å². The van der Waals surface area contributed by atoms with Gasteiger partial charge in [-0.3, -0.25) is 14.2 Å². The molecule has 0 aliphatic rings. The quantitative estimate of drug-likeness (QED) is 0.680. The van der Waals surface area contributed by atoms with Crippen molar-refractivity contribution in [2.24, 2.45) is 0 Å². The van der Waals surface area contributed by atoms with Gasteiger partial charge >= 0.3 is 0 Å². The Balaban J connectivity index is 1.69. The molecular formula is C9H12N6O. The van der Waals surface area contributed by atoms with E-state index < -0.39 is 0 Å². The minimum absolute atomic E-state index is 0.186. The molecule has 16 heavy (non-hydrogen) atoms. The third-order valence-electron chi connectivity index (χ3n) is 2.18. The first-order valence-electron chi connectivity index (χ1n) is 5.04. The molecule has 2 rings (SSSR count). The zero-order valence-electron chi connectivity index (χ0n) is 8.73. The number of aromatic nitrogens is 6. The van der Waals surface area contributed by atoms with Gasteiger partial charge in [0.05, 0.1) is 12.4 Å². The second-order valence-corrected chi connectivity index (χ2v) is 3.37. The monoisotopic (exact) mass is 220 g/mol. The van der Waals surface area contributed by atoms with Crippen molar-refractivity contribution in [2.45, 2.75) is 25.9 Å². The first kappa shape index (κ1) is 10.5. The van der Waals surface area contributed by atoms with E-state index in [9.17, 15) is 4.79 Å². The Morgan fingerprint density at radius 3 is 1.81 bits per heavy atom. The summed E-state index contributed by atoms with van der Waals surface area (Å²) >= 11 is 0. The molecule has 2 heterocycles. The third kappa shape index (κ3) is 2.97. The number of aryl methyl sites for hydroxylation is 2. The molecule has 7 heteroatoms. The normalized spacial score (nSPS) is 10.5. The fourth-order valence-corrected chi connectivity index (χ4v) is 1.31. The largest absolute Gasteiger partial charge is 0.300 e. The van der Waals surface area contributed by atoms with Gasteiger partial charge in [0.1, 0.15) is 5.78 Å². The molecule has 0 aromatic carbocycles. The van der Waals surface area contributed by atoms with E-state index in [1.807, 2.05) is 0 Å². The Hall–Kier alpha value is -2.05. The Labute approximate surface area is 92.1 Å². The summed E-state index contributed by atoms with van der Waals surface area (Å²) in [7, 11) is 0. The van der Waals surface area contributed by atoms with E-state index in [1.54, 1.807) is 34.2 Å². The Kier molecular flexibility index (Phi) is 3.37. The van der Waals surface area contributed by atoms with Crippen LogP contribution < -0.4 is 0 Å². The Morgan fingerprint density at radius 1 is 0.938 bits per heavy atom. The van der Waals surface area contributed by atoms with E-state index in [2.05, 4.69) is 20.6 Å². The number of carbonyl (C=O) groups excluding carboxylic acids is 1. The molecule has 0 spiro atoms. The van der Waals surface area contributed by atoms with Crippen LogP contribution in [0, 0.1) is 0 Å². The summed E-state index contributed by atoms with van der Waals surface area (Å²) in [6.45, 7) is 1.16. The number of nitrogens with zero attached hydrogens (tertiary/aromatic N) is 6. The molecular weight excluding hydrogens is 208 g/mol. The topological polar surface area (TPSA) is 78.5 Å². The number of carbonyl (C=O) groups is 1. The van der Waals surface area contributed by atoms with Crippen molar-refractivity contribution in [2.75, 3.05) is 0 Å². The standard InChI is InChI=1S/C9H12N6O/c16-9(1-5-14-7-3-10-12-14)2-6-15-8-4-11-13-15/h3-4,7-8H,1-2,5-6H2. The maximum atomic E-state index is 11.5. The summed E-state index contributed by atoms with van der Waals surface area (Å²) in [6.07, 6.45) is 7.62. The van der Waals surface area contributed by atoms with Gasteiger partial charge in [0.2, 0.25) is 0 Å². The van der Waals surface area contributed by atoms with Gasteiger partial charge < -0.3 is 0 Å². The Morgan fingerprint density at radius 2 is 1.44 bits per heavy atom. The van der Waals surface area contributed by atoms with Crippen LogP contribution in [0.2, 0.25) is 0 Å². The minimum Gasteiger partial charge on any atom is -0.300 e. The highest BCUT2D eigenvalue weighted by Crippen LogP contribution is 1.96. The van der Waals surface area contributed by atoms with Crippen LogP contribution in [-0.2, 0) is 17.9 Å². The lowest BCUT2D eigenvalue weighted by atomic mass is 10.2. The van der Waals surface area contributed by atoms with E-state index >= 15 is 0 Å². The lowest BCUT2D eigenvalue weighted by Crippen LogP contribution is -2.10. The van der Waals surface area contributed by atoms with Crippen LogP contribution in [0.1, 0.15) is 12.8 Å². The zero-order valence-corrected chi connectivity index (χ0v) is 8.73. The van der Waals surface area contributed by atoms with E-state index in [0.717, 1.165) is 0 Å². The predicted octanol–water partition coefficient (Wildman–Crippen LogP) is -0.0809. The molecule has 0 atom stereocenters. The average Bonchev–Trinajstić information content (AvgIpc) is 2.96. The number of rotatable bonds is 6. The van der Waals surface area contributed by atoms with Gasteiger partial charge in [0.15, 0.2) is 0 Å². The van der Waals surface area contributed by atoms with Crippen molar-refractivity contribution in [1.29, 1.82) is 0 Å². The van der Waals surface area contributed by atoms with Crippen molar-refractivity contribution in [3.05, 3.63) is 24.8 Å². The van der Waals surface area contributed by atoms with Crippen LogP contribution in [0.4, 0.5) is 0 Å². The smallest absolute Gasteiger partial charge is 0.136 e. The van der Waals surface area contributed by atoms with E-state index in [4.69, 9.17) is 0 Å². The fraction of sp³-hybridized carbons (Fsp3) is 0.444. The van der Waals surface area contributed by atoms with Crippen LogP contribution >= 0.6 is 0 Å². The molecule has 0 aliphatic heterocycles. The van der Waals surface area contributed by atoms with Crippen LogP contribution in [0.5, 0.6) is 0 Å². The summed E-state index contributed by atoms with van der Waals surface area (Å²) in [5.74, 6) is 0.186. The molecule has 0 radical (unpaired) electrons. The highest BCUT2D eigenvalue weighted by Gasteiger charge is 2.03. The number of ketones is 1. The molecule has 0 N–H and O–H groups in total. The fourth-order valence-electron chi connectivity index (χ4n) is 1.31. The molecule has 2 aromatic heterocycles. The Bertz CT molecular complexity index is 381. The van der Waals surface area contributed by atoms with Gasteiger partial charge in [-0.2, -0.15) is 0 Å². The van der Waals surface area contributed by atoms with Crippen molar-refractivity contribution in [3.63, 3.8) is 0 Å². The molecule has 0 aliphatic carbocycles. The average molecular weight is 220 g/mol. The lowest BCUT2D eigenvalue weighted by Gasteiger charge is -2.01. The van der Waals surface area contributed by atoms with Crippen LogP contribution in [0.3, 0.4) is 0 Å². The highest BCUT2D eigenvalue weighted by atomic mass is 16.1. The van der Waals surface area contributed by atoms with Crippen LogP contribution in [0.15, 0.2) is 24.8 Å². The molecule has 0 fully saturated rings. The molecule has 84 valence electrons. The molecule has 0 unspecified atom stereocenters. The van der Waals surface area contributed by atoms with Crippen molar-refractivity contribution >= 4 is 5.78 Å². The van der Waals surface area contributed by atoms with E-state index in [-0.39, 0.29) is 5.78 Å². The maximum absolute atomic E-state index is 11.5. The SMILES string of the molecule is O=C(CCn1ccnn1)CCn1ccnn1. The van der Waals surface area contributed by atoms with Crippen molar-refractivity contribution in [3.8, 4) is 0 Å². The number of hydrogen-bond donors (Lipinski definition) is 0. The van der Waals surface area contributed by atoms with Gasteiger partial charge in [-0.15, -0.1) is 10.2 Å². The highest BCUT2D eigenvalue weighted by molar-refractivity contribution is 5.78. The third-order valence-corrected chi connectivity index (χ3v) is 2.18. The maximum Gasteiger partial charge on any atom is 0.136 e. The first-order chi connectivity index (χ1) is 7.84. The van der Waals surface area contributed by atoms with Gasteiger partial charge in [0, 0.05) is 38.3 Å². The van der Waals surface area contributed by atoms with E-state index in [0.29, 0.717) is 25.9 Å². The summed E-state index contributed by atoms with van der Waals surface area (Å²) in [5, 5.41) is 14.9. The van der Waals surface area contributed by atoms with Crippen molar-refractivity contribution < 1.29 is 4.79 Å². The molecule has 0 saturated heterocycles. The van der Waals surface area contributed by atoms with Gasteiger partial charge in [-0.1, -0.05) is 10.4 Å². The molecule has 0 bridgehead atoms. The zero-order chi connectivity index (χ0) is 11.2. The molecule has 0 amide bonds. The number of Topliss-reactive ketones (excluding diaryl/α,β-unsaturated/α-hetero) is 1. The molecule has 0 saturated carbocycles. The van der Waals surface area contributed by atoms with Gasteiger partial charge in [-0.05, 0) is 0 Å². The van der Waals surface area contributed by atoms with Gasteiger partial charge in [-0.25, -0.2) is 0 Å². The van der Waals surface area contributed by atoms with E-state index in [1.165, 1.54) is 0 Å². The predicted molar refractivity (Wildman–Crippen MR) is 54.3 cm³/mol. The summed E-state index contributed by atoms with van der Waals surface area (Å²) in [6, 6.07) is 0. The van der Waals surface area contributed by atoms with Gasteiger partial charge in [0.25, 0.3) is 0 Å². The van der Waals surface area contributed by atoms with Crippen LogP contribution in [0.25, 0.3) is 0 Å². The second-order valence-electron chi connectivity index (χ2n) is 3.37. The molecule has 2 aromatic rings. The summed E-state index contributed by atoms with van der Waals surface area (Å²) in [5.41, 5.74) is 0. The summed E-state index contributed by atoms with van der Waals surface area (Å²) in [4.78, 5) is 11.5. The van der Waals surface area contributed by atoms with Crippen LogP contribution in [-0.4, -0.2) is 35.8 Å².